The summed E-state index contributed by atoms with van der Waals surface area (Å²) in [4.78, 5) is 15.6. The van der Waals surface area contributed by atoms with E-state index in [0.29, 0.717) is 12.0 Å². The number of nitrogens with zero attached hydrogens (tertiary/aromatic N) is 1. The molecule has 0 aromatic carbocycles. The fraction of sp³-hybridized carbons (Fsp3) is 0.500. The molecule has 1 aliphatic carbocycles. The number of aromatic hydroxyl groups is 1. The van der Waals surface area contributed by atoms with E-state index in [-0.39, 0.29) is 17.4 Å². The maximum Gasteiger partial charge on any atom is 0.273 e. The van der Waals surface area contributed by atoms with Gasteiger partial charge in [0.15, 0.2) is 5.69 Å². The summed E-state index contributed by atoms with van der Waals surface area (Å²) in [5.74, 6) is -0.362. The highest BCUT2D eigenvalue weighted by molar-refractivity contribution is 5.94. The molecule has 0 unspecified atom stereocenters. The molecule has 0 bridgehead atoms. The lowest BCUT2D eigenvalue weighted by Gasteiger charge is -2.13. The van der Waals surface area contributed by atoms with Gasteiger partial charge in [-0.15, -0.1) is 0 Å². The lowest BCUT2D eigenvalue weighted by molar-refractivity contribution is 0.0936. The van der Waals surface area contributed by atoms with E-state index >= 15 is 0 Å². The number of carbonyl (C=O) groups excluding carboxylic acids is 1. The molecular weight excluding hydrogens is 204 g/mol. The highest BCUT2D eigenvalue weighted by Gasteiger charge is 2.40. The molecular formula is C12H16N2O2. The molecule has 1 fully saturated rings. The number of aromatic nitrogens is 1. The predicted octanol–water partition coefficient (Wildman–Crippen LogP) is 1.71. The van der Waals surface area contributed by atoms with E-state index in [1.165, 1.54) is 25.1 Å². The van der Waals surface area contributed by atoms with Gasteiger partial charge in [-0.2, -0.15) is 0 Å². The van der Waals surface area contributed by atoms with Crippen LogP contribution in [-0.2, 0) is 0 Å². The molecule has 2 N–H and O–H groups in total. The Balaban J connectivity index is 1.96. The van der Waals surface area contributed by atoms with Crippen LogP contribution in [0.25, 0.3) is 0 Å². The number of hydrogen-bond donors (Lipinski definition) is 2. The quantitative estimate of drug-likeness (QED) is 0.812. The van der Waals surface area contributed by atoms with Crippen LogP contribution < -0.4 is 5.32 Å². The van der Waals surface area contributed by atoms with Crippen molar-refractivity contribution in [1.29, 1.82) is 0 Å². The van der Waals surface area contributed by atoms with E-state index in [2.05, 4.69) is 17.2 Å². The maximum absolute atomic E-state index is 11.7. The molecule has 0 radical (unpaired) electrons. The van der Waals surface area contributed by atoms with Gasteiger partial charge < -0.3 is 10.4 Å². The summed E-state index contributed by atoms with van der Waals surface area (Å²) in [6.07, 6.45) is 4.94. The Labute approximate surface area is 94.7 Å². The van der Waals surface area contributed by atoms with Gasteiger partial charge in [-0.3, -0.25) is 4.79 Å². The van der Waals surface area contributed by atoms with Crippen molar-refractivity contribution in [2.45, 2.75) is 26.2 Å². The number of nitrogens with one attached hydrogen (secondary N) is 1. The van der Waals surface area contributed by atoms with Crippen molar-refractivity contribution in [3.63, 3.8) is 0 Å². The van der Waals surface area contributed by atoms with Gasteiger partial charge in [0.25, 0.3) is 5.91 Å². The van der Waals surface area contributed by atoms with Crippen LogP contribution in [-0.4, -0.2) is 22.5 Å². The zero-order valence-corrected chi connectivity index (χ0v) is 9.36. The highest BCUT2D eigenvalue weighted by atomic mass is 16.3. The average molecular weight is 220 g/mol. The summed E-state index contributed by atoms with van der Waals surface area (Å²) in [7, 11) is 0. The Morgan fingerprint density at radius 2 is 2.38 bits per heavy atom. The van der Waals surface area contributed by atoms with Crippen LogP contribution >= 0.6 is 0 Å². The lowest BCUT2D eigenvalue weighted by atomic mass is 10.0. The second kappa shape index (κ2) is 4.12. The monoisotopic (exact) mass is 220 g/mol. The summed E-state index contributed by atoms with van der Waals surface area (Å²) in [6.45, 7) is 2.82. The topological polar surface area (TPSA) is 62.2 Å². The zero-order valence-electron chi connectivity index (χ0n) is 9.36. The average Bonchev–Trinajstić information content (AvgIpc) is 3.07. The van der Waals surface area contributed by atoms with Crippen LogP contribution in [0.5, 0.6) is 5.75 Å². The molecule has 1 aliphatic rings. The Morgan fingerprint density at radius 3 is 2.94 bits per heavy atom. The van der Waals surface area contributed by atoms with E-state index < -0.39 is 0 Å². The number of pyridine rings is 1. The van der Waals surface area contributed by atoms with E-state index in [9.17, 15) is 9.90 Å². The summed E-state index contributed by atoms with van der Waals surface area (Å²) < 4.78 is 0. The van der Waals surface area contributed by atoms with Crippen molar-refractivity contribution < 1.29 is 9.90 Å². The molecule has 0 saturated heterocycles. The molecule has 16 heavy (non-hydrogen) atoms. The van der Waals surface area contributed by atoms with Crippen LogP contribution in [0.3, 0.4) is 0 Å². The maximum atomic E-state index is 11.7. The highest BCUT2D eigenvalue weighted by Crippen LogP contribution is 2.47. The molecule has 0 atom stereocenters. The zero-order chi connectivity index (χ0) is 11.6. The van der Waals surface area contributed by atoms with Crippen LogP contribution in [0.15, 0.2) is 18.3 Å². The molecule has 1 aromatic heterocycles. The summed E-state index contributed by atoms with van der Waals surface area (Å²) >= 11 is 0. The molecule has 1 amide bonds. The van der Waals surface area contributed by atoms with Gasteiger partial charge in [-0.05, 0) is 36.8 Å². The number of hydrogen-bond acceptors (Lipinski definition) is 3. The summed E-state index contributed by atoms with van der Waals surface area (Å²) in [5.41, 5.74) is 0.412. The largest absolute Gasteiger partial charge is 0.505 e. The first-order valence-corrected chi connectivity index (χ1v) is 5.59. The second-order valence-corrected chi connectivity index (χ2v) is 4.41. The Hall–Kier alpha value is -1.58. The molecule has 86 valence electrons. The fourth-order valence-electron chi connectivity index (χ4n) is 1.76. The SMILES string of the molecule is CCC1(CNC(=O)c2ncccc2O)CC1. The molecule has 2 rings (SSSR count). The van der Waals surface area contributed by atoms with E-state index in [1.807, 2.05) is 0 Å². The third kappa shape index (κ3) is 2.15. The van der Waals surface area contributed by atoms with Crippen LogP contribution in [0.2, 0.25) is 0 Å². The molecule has 1 saturated carbocycles. The number of carbonyl (C=O) groups is 1. The molecule has 1 aromatic rings. The van der Waals surface area contributed by atoms with Gasteiger partial charge in [-0.25, -0.2) is 4.98 Å². The second-order valence-electron chi connectivity index (χ2n) is 4.41. The van der Waals surface area contributed by atoms with Crippen molar-refractivity contribution in [1.82, 2.24) is 10.3 Å². The van der Waals surface area contributed by atoms with Crippen molar-refractivity contribution in [2.24, 2.45) is 5.41 Å². The van der Waals surface area contributed by atoms with Crippen LogP contribution in [0.4, 0.5) is 0 Å². The van der Waals surface area contributed by atoms with Gasteiger partial charge in [0.1, 0.15) is 5.75 Å². The smallest absolute Gasteiger partial charge is 0.273 e. The third-order valence-electron chi connectivity index (χ3n) is 3.33. The standard InChI is InChI=1S/C12H16N2O2/c1-2-12(5-6-12)8-14-11(16)10-9(15)4-3-7-13-10/h3-4,7,15H,2,5-6,8H2,1H3,(H,14,16). The van der Waals surface area contributed by atoms with Gasteiger partial charge in [0, 0.05) is 12.7 Å². The van der Waals surface area contributed by atoms with E-state index in [0.717, 1.165) is 6.42 Å². The van der Waals surface area contributed by atoms with Crippen LogP contribution in [0, 0.1) is 5.41 Å². The van der Waals surface area contributed by atoms with Crippen LogP contribution in [0.1, 0.15) is 36.7 Å². The van der Waals surface area contributed by atoms with Gasteiger partial charge in [0.2, 0.25) is 0 Å². The molecule has 4 heteroatoms. The van der Waals surface area contributed by atoms with E-state index in [1.54, 1.807) is 6.07 Å². The first kappa shape index (κ1) is 10.9. The van der Waals surface area contributed by atoms with Crippen molar-refractivity contribution in [3.05, 3.63) is 24.0 Å². The fourth-order valence-corrected chi connectivity index (χ4v) is 1.76. The molecule has 0 spiro atoms. The Bertz CT molecular complexity index is 400. The number of rotatable bonds is 4. The molecule has 1 heterocycles. The predicted molar refractivity (Wildman–Crippen MR) is 60.2 cm³/mol. The third-order valence-corrected chi connectivity index (χ3v) is 3.33. The summed E-state index contributed by atoms with van der Waals surface area (Å²) in [6, 6.07) is 3.06. The minimum atomic E-state index is -0.294. The molecule has 0 aliphatic heterocycles. The van der Waals surface area contributed by atoms with E-state index in [4.69, 9.17) is 0 Å². The first-order chi connectivity index (χ1) is 7.67. The Morgan fingerprint density at radius 1 is 1.62 bits per heavy atom. The first-order valence-electron chi connectivity index (χ1n) is 5.59. The minimum absolute atomic E-state index is 0.0682. The van der Waals surface area contributed by atoms with Gasteiger partial charge >= 0.3 is 0 Å². The summed E-state index contributed by atoms with van der Waals surface area (Å²) in [5, 5.41) is 12.3. The van der Waals surface area contributed by atoms with Gasteiger partial charge in [-0.1, -0.05) is 6.92 Å². The Kier molecular flexibility index (Phi) is 2.81. The minimum Gasteiger partial charge on any atom is -0.505 e. The lowest BCUT2D eigenvalue weighted by Crippen LogP contribution is -2.30. The van der Waals surface area contributed by atoms with Crippen molar-refractivity contribution >= 4 is 5.91 Å². The van der Waals surface area contributed by atoms with Crippen molar-refractivity contribution in [2.75, 3.05) is 6.54 Å². The van der Waals surface area contributed by atoms with Crippen molar-refractivity contribution in [3.8, 4) is 5.75 Å². The normalized spacial score (nSPS) is 16.8. The number of amides is 1. The molecule has 4 nitrogen and oxygen atoms in total. The van der Waals surface area contributed by atoms with Gasteiger partial charge in [0.05, 0.1) is 0 Å².